The van der Waals surface area contributed by atoms with Crippen LogP contribution in [0.3, 0.4) is 0 Å². The van der Waals surface area contributed by atoms with Crippen molar-refractivity contribution in [1.82, 2.24) is 4.90 Å². The monoisotopic (exact) mass is 411 g/mol. The molecule has 2 unspecified atom stereocenters. The number of carbonyl (C=O) groups excluding carboxylic acids is 3. The summed E-state index contributed by atoms with van der Waals surface area (Å²) in [6.07, 6.45) is -0.727. The fourth-order valence-electron chi connectivity index (χ4n) is 3.40. The molecule has 126 valence electrons. The highest BCUT2D eigenvalue weighted by Gasteiger charge is 2.67. The molecule has 1 aromatic carbocycles. The standard InChI is InChI=1S/C16H14BrNO5S/c1-15(2)11(18-10(19)7-16(18,17)24-15)13(21)23-14-9-6-4-3-5-8(9)12(20)22-14/h3-6,11,14H,7H2,1-2H3/t11-,14?,16?/m0/s1. The molecule has 8 heteroatoms. The van der Waals surface area contributed by atoms with Gasteiger partial charge in [-0.3, -0.25) is 4.79 Å². The molecule has 0 saturated carbocycles. The van der Waals surface area contributed by atoms with Gasteiger partial charge in [-0.05, 0) is 35.8 Å². The molecule has 3 atom stereocenters. The molecule has 1 amide bonds. The van der Waals surface area contributed by atoms with Crippen LogP contribution >= 0.6 is 27.7 Å². The highest BCUT2D eigenvalue weighted by molar-refractivity contribution is 9.12. The lowest BCUT2D eigenvalue weighted by Crippen LogP contribution is -2.61. The Morgan fingerprint density at radius 3 is 2.79 bits per heavy atom. The van der Waals surface area contributed by atoms with E-state index in [9.17, 15) is 14.4 Å². The summed E-state index contributed by atoms with van der Waals surface area (Å²) in [6.45, 7) is 3.79. The van der Waals surface area contributed by atoms with Crippen LogP contribution in [0, 0.1) is 0 Å². The minimum Gasteiger partial charge on any atom is -0.419 e. The SMILES string of the molecule is CC1(C)SC2(Br)CC(=O)N2[C@H]1C(=O)OC1OC(=O)c2ccccc21. The number of hydrogen-bond acceptors (Lipinski definition) is 6. The lowest BCUT2D eigenvalue weighted by atomic mass is 9.98. The molecule has 6 nitrogen and oxygen atoms in total. The maximum Gasteiger partial charge on any atom is 0.342 e. The number of cyclic esters (lactones) is 1. The first-order valence-electron chi connectivity index (χ1n) is 7.45. The summed E-state index contributed by atoms with van der Waals surface area (Å²) in [4.78, 5) is 38.1. The van der Waals surface area contributed by atoms with Crippen LogP contribution in [-0.2, 0) is 19.1 Å². The van der Waals surface area contributed by atoms with Crippen LogP contribution < -0.4 is 0 Å². The predicted molar refractivity (Wildman–Crippen MR) is 89.3 cm³/mol. The van der Waals surface area contributed by atoms with Gasteiger partial charge < -0.3 is 14.4 Å². The van der Waals surface area contributed by atoms with E-state index < -0.39 is 32.8 Å². The molecular formula is C16H14BrNO5S. The molecule has 0 radical (unpaired) electrons. The maximum atomic E-state index is 12.8. The third kappa shape index (κ3) is 2.12. The van der Waals surface area contributed by atoms with Gasteiger partial charge in [-0.1, -0.05) is 18.2 Å². The summed E-state index contributed by atoms with van der Waals surface area (Å²) in [5, 5.41) is 0. The van der Waals surface area contributed by atoms with Crippen molar-refractivity contribution in [2.24, 2.45) is 0 Å². The minimum atomic E-state index is -1.07. The Hall–Kier alpha value is -1.54. The molecule has 3 aliphatic heterocycles. The molecule has 3 heterocycles. The number of fused-ring (bicyclic) bond motifs is 2. The first kappa shape index (κ1) is 16.0. The van der Waals surface area contributed by atoms with Crippen LogP contribution in [0.5, 0.6) is 0 Å². The number of rotatable bonds is 2. The van der Waals surface area contributed by atoms with E-state index in [1.54, 1.807) is 24.3 Å². The fourth-order valence-corrected chi connectivity index (χ4v) is 6.92. The Morgan fingerprint density at radius 1 is 1.38 bits per heavy atom. The number of halogens is 1. The van der Waals surface area contributed by atoms with Gasteiger partial charge in [0, 0.05) is 10.3 Å². The van der Waals surface area contributed by atoms with Gasteiger partial charge in [0.15, 0.2) is 3.78 Å². The van der Waals surface area contributed by atoms with Gasteiger partial charge in [0.1, 0.15) is 6.04 Å². The van der Waals surface area contributed by atoms with E-state index in [0.717, 1.165) is 0 Å². The zero-order valence-corrected chi connectivity index (χ0v) is 15.3. The molecule has 2 saturated heterocycles. The van der Waals surface area contributed by atoms with E-state index in [1.807, 2.05) is 13.8 Å². The summed E-state index contributed by atoms with van der Waals surface area (Å²) in [6, 6.07) is 6.05. The molecule has 0 aromatic heterocycles. The van der Waals surface area contributed by atoms with E-state index in [-0.39, 0.29) is 5.91 Å². The normalized spacial score (nSPS) is 32.7. The second-order valence-corrected chi connectivity index (χ2v) is 10.3. The van der Waals surface area contributed by atoms with Gasteiger partial charge >= 0.3 is 11.9 Å². The summed E-state index contributed by atoms with van der Waals surface area (Å²) >= 11 is 5.06. The van der Waals surface area contributed by atoms with Gasteiger partial charge in [0.25, 0.3) is 6.29 Å². The third-order valence-corrected chi connectivity index (χ3v) is 6.98. The topological polar surface area (TPSA) is 72.9 Å². The summed E-state index contributed by atoms with van der Waals surface area (Å²) in [7, 11) is 0. The maximum absolute atomic E-state index is 12.8. The highest BCUT2D eigenvalue weighted by Crippen LogP contribution is 2.61. The molecule has 24 heavy (non-hydrogen) atoms. The average molecular weight is 412 g/mol. The lowest BCUT2D eigenvalue weighted by Gasteiger charge is -2.43. The quantitative estimate of drug-likeness (QED) is 0.322. The summed E-state index contributed by atoms with van der Waals surface area (Å²) in [5.74, 6) is -1.19. The van der Waals surface area contributed by atoms with Gasteiger partial charge in [0.05, 0.1) is 12.0 Å². The zero-order chi connectivity index (χ0) is 17.3. The van der Waals surface area contributed by atoms with E-state index >= 15 is 0 Å². The summed E-state index contributed by atoms with van der Waals surface area (Å²) in [5.41, 5.74) is 0.921. The number of amides is 1. The van der Waals surface area contributed by atoms with Crippen LogP contribution in [0.25, 0.3) is 0 Å². The molecule has 2 fully saturated rings. The van der Waals surface area contributed by atoms with E-state index in [1.165, 1.54) is 16.7 Å². The number of carbonyl (C=O) groups is 3. The number of ether oxygens (including phenoxy) is 2. The number of esters is 2. The van der Waals surface area contributed by atoms with Crippen molar-refractivity contribution in [3.8, 4) is 0 Å². The smallest absolute Gasteiger partial charge is 0.342 e. The number of alkyl halides is 1. The van der Waals surface area contributed by atoms with Crippen LogP contribution in [0.15, 0.2) is 24.3 Å². The molecule has 0 bridgehead atoms. The first-order chi connectivity index (χ1) is 11.2. The van der Waals surface area contributed by atoms with Gasteiger partial charge in [-0.15, -0.1) is 11.8 Å². The van der Waals surface area contributed by atoms with E-state index in [2.05, 4.69) is 15.9 Å². The predicted octanol–water partition coefficient (Wildman–Crippen LogP) is 2.57. The van der Waals surface area contributed by atoms with Crippen LogP contribution in [0.2, 0.25) is 0 Å². The molecule has 3 aliphatic rings. The van der Waals surface area contributed by atoms with Crippen LogP contribution in [-0.4, -0.2) is 37.3 Å². The second-order valence-electron chi connectivity index (χ2n) is 6.50. The number of benzene rings is 1. The largest absolute Gasteiger partial charge is 0.419 e. The van der Waals surface area contributed by atoms with E-state index in [4.69, 9.17) is 9.47 Å². The third-order valence-electron chi connectivity index (χ3n) is 4.43. The number of nitrogens with zero attached hydrogens (tertiary/aromatic N) is 1. The molecule has 4 rings (SSSR count). The zero-order valence-electron chi connectivity index (χ0n) is 12.9. The first-order valence-corrected chi connectivity index (χ1v) is 9.05. The number of hydrogen-bond donors (Lipinski definition) is 0. The van der Waals surface area contributed by atoms with Crippen molar-refractivity contribution >= 4 is 45.5 Å². The Bertz CT molecular complexity index is 781. The number of thioether (sulfide) groups is 1. The second kappa shape index (κ2) is 4.98. The Balaban J connectivity index is 1.59. The van der Waals surface area contributed by atoms with Crippen molar-refractivity contribution in [3.05, 3.63) is 35.4 Å². The van der Waals surface area contributed by atoms with Crippen molar-refractivity contribution < 1.29 is 23.9 Å². The number of β-lactam (4-membered cyclic amide) rings is 1. The van der Waals surface area contributed by atoms with Crippen molar-refractivity contribution in [1.29, 1.82) is 0 Å². The molecule has 0 spiro atoms. The van der Waals surface area contributed by atoms with Crippen molar-refractivity contribution in [2.75, 3.05) is 0 Å². The fraction of sp³-hybridized carbons (Fsp3) is 0.438. The molecular weight excluding hydrogens is 398 g/mol. The van der Waals surface area contributed by atoms with Crippen LogP contribution in [0.4, 0.5) is 0 Å². The van der Waals surface area contributed by atoms with Gasteiger partial charge in [0.2, 0.25) is 5.91 Å². The highest BCUT2D eigenvalue weighted by atomic mass is 79.9. The van der Waals surface area contributed by atoms with Crippen molar-refractivity contribution in [3.63, 3.8) is 0 Å². The van der Waals surface area contributed by atoms with Gasteiger partial charge in [-0.2, -0.15) is 0 Å². The minimum absolute atomic E-state index is 0.101. The molecule has 0 aliphatic carbocycles. The van der Waals surface area contributed by atoms with Crippen LogP contribution in [0.1, 0.15) is 42.5 Å². The molecule has 0 N–H and O–H groups in total. The summed E-state index contributed by atoms with van der Waals surface area (Å²) < 4.78 is 9.55. The average Bonchev–Trinajstić information content (AvgIpc) is 2.88. The Kier molecular flexibility index (Phi) is 3.31. The van der Waals surface area contributed by atoms with E-state index in [0.29, 0.717) is 17.5 Å². The Morgan fingerprint density at radius 2 is 2.08 bits per heavy atom. The lowest BCUT2D eigenvalue weighted by molar-refractivity contribution is -0.180. The Labute approximate surface area is 151 Å². The van der Waals surface area contributed by atoms with Crippen molar-refractivity contribution in [2.45, 2.75) is 41.1 Å². The van der Waals surface area contributed by atoms with Gasteiger partial charge in [-0.25, -0.2) is 9.59 Å². The molecule has 1 aromatic rings.